The van der Waals surface area contributed by atoms with Crippen molar-refractivity contribution in [1.29, 1.82) is 0 Å². The highest BCUT2D eigenvalue weighted by Crippen LogP contribution is 2.42. The smallest absolute Gasteiger partial charge is 0.255 e. The third-order valence-corrected chi connectivity index (χ3v) is 6.05. The monoisotopic (exact) mass is 358 g/mol. The molecule has 3 fully saturated rings. The molecule has 1 aliphatic heterocycles. The van der Waals surface area contributed by atoms with E-state index >= 15 is 0 Å². The van der Waals surface area contributed by atoms with E-state index in [4.69, 9.17) is 9.47 Å². The van der Waals surface area contributed by atoms with Crippen molar-refractivity contribution in [3.63, 3.8) is 0 Å². The van der Waals surface area contributed by atoms with Crippen molar-refractivity contribution < 1.29 is 14.3 Å². The largest absolute Gasteiger partial charge is 0.496 e. The maximum atomic E-state index is 12.8. The van der Waals surface area contributed by atoms with Crippen LogP contribution in [0.15, 0.2) is 18.2 Å². The molecule has 1 aromatic carbocycles. The van der Waals surface area contributed by atoms with E-state index in [0.717, 1.165) is 45.3 Å². The summed E-state index contributed by atoms with van der Waals surface area (Å²) >= 11 is 0. The maximum absolute atomic E-state index is 12.8. The van der Waals surface area contributed by atoms with Crippen molar-refractivity contribution >= 4 is 5.91 Å². The van der Waals surface area contributed by atoms with Crippen LogP contribution >= 0.6 is 0 Å². The normalized spacial score (nSPS) is 26.7. The van der Waals surface area contributed by atoms with Crippen molar-refractivity contribution in [2.75, 3.05) is 20.3 Å². The van der Waals surface area contributed by atoms with Crippen molar-refractivity contribution in [1.82, 2.24) is 10.6 Å². The van der Waals surface area contributed by atoms with Crippen LogP contribution in [-0.2, 0) is 4.74 Å². The zero-order valence-corrected chi connectivity index (χ0v) is 15.6. The molecule has 4 rings (SSSR count). The molecule has 142 valence electrons. The van der Waals surface area contributed by atoms with Crippen LogP contribution in [0.3, 0.4) is 0 Å². The molecule has 0 aromatic heterocycles. The molecule has 3 aliphatic rings. The van der Waals surface area contributed by atoms with Crippen LogP contribution in [0.25, 0.3) is 0 Å². The summed E-state index contributed by atoms with van der Waals surface area (Å²) in [7, 11) is 1.63. The van der Waals surface area contributed by atoms with Gasteiger partial charge in [-0.05, 0) is 49.8 Å². The van der Waals surface area contributed by atoms with Gasteiger partial charge in [0, 0.05) is 37.3 Å². The summed E-state index contributed by atoms with van der Waals surface area (Å²) in [5.41, 5.74) is 1.92. The summed E-state index contributed by atoms with van der Waals surface area (Å²) < 4.78 is 10.9. The minimum Gasteiger partial charge on any atom is -0.496 e. The Morgan fingerprint density at radius 3 is 2.62 bits per heavy atom. The van der Waals surface area contributed by atoms with Crippen LogP contribution in [0, 0.1) is 0 Å². The van der Waals surface area contributed by atoms with E-state index in [1.165, 1.54) is 18.4 Å². The Bertz CT molecular complexity index is 636. The number of ether oxygens (including phenoxy) is 2. The van der Waals surface area contributed by atoms with Crippen molar-refractivity contribution in [2.45, 2.75) is 69.0 Å². The third kappa shape index (κ3) is 4.04. The van der Waals surface area contributed by atoms with Gasteiger partial charge in [0.1, 0.15) is 5.75 Å². The van der Waals surface area contributed by atoms with Gasteiger partial charge in [-0.2, -0.15) is 0 Å². The number of rotatable bonds is 6. The van der Waals surface area contributed by atoms with E-state index in [1.54, 1.807) is 7.11 Å². The van der Waals surface area contributed by atoms with Crippen LogP contribution in [-0.4, -0.2) is 44.4 Å². The Kier molecular flexibility index (Phi) is 5.46. The number of carbonyl (C=O) groups is 1. The highest BCUT2D eigenvalue weighted by molar-refractivity contribution is 5.97. The number of nitrogens with one attached hydrogen (secondary N) is 2. The number of hydrogen-bond acceptors (Lipinski definition) is 4. The summed E-state index contributed by atoms with van der Waals surface area (Å²) in [6, 6.07) is 7.52. The summed E-state index contributed by atoms with van der Waals surface area (Å²) in [5, 5.41) is 6.95. The fourth-order valence-electron chi connectivity index (χ4n) is 4.38. The first-order valence-electron chi connectivity index (χ1n) is 10.1. The van der Waals surface area contributed by atoms with Crippen LogP contribution in [0.5, 0.6) is 5.75 Å². The first-order chi connectivity index (χ1) is 12.7. The van der Waals surface area contributed by atoms with Gasteiger partial charge in [-0.25, -0.2) is 0 Å². The Morgan fingerprint density at radius 1 is 1.12 bits per heavy atom. The zero-order chi connectivity index (χ0) is 17.9. The predicted octanol–water partition coefficient (Wildman–Crippen LogP) is 2.99. The number of hydrogen-bond donors (Lipinski definition) is 2. The van der Waals surface area contributed by atoms with Crippen LogP contribution < -0.4 is 15.4 Å². The SMILES string of the molecule is COc1ccc(C2CC2NC2CCOCC2)cc1C(=O)NC1CCCC1. The lowest BCUT2D eigenvalue weighted by molar-refractivity contribution is 0.0774. The summed E-state index contributed by atoms with van der Waals surface area (Å²) in [6.07, 6.45) is 7.95. The number of methoxy groups -OCH3 is 1. The van der Waals surface area contributed by atoms with Crippen molar-refractivity contribution in [2.24, 2.45) is 0 Å². The Labute approximate surface area is 155 Å². The molecule has 1 aromatic rings. The number of amides is 1. The van der Waals surface area contributed by atoms with Gasteiger partial charge in [0.05, 0.1) is 12.7 Å². The number of benzene rings is 1. The van der Waals surface area contributed by atoms with E-state index < -0.39 is 0 Å². The molecular weight excluding hydrogens is 328 g/mol. The van der Waals surface area contributed by atoms with Crippen LogP contribution in [0.1, 0.15) is 66.8 Å². The average Bonchev–Trinajstić information content (AvgIpc) is 3.24. The Hall–Kier alpha value is -1.59. The van der Waals surface area contributed by atoms with Gasteiger partial charge in [-0.3, -0.25) is 4.79 Å². The molecule has 1 amide bonds. The fourth-order valence-corrected chi connectivity index (χ4v) is 4.38. The molecular formula is C21H30N2O3. The lowest BCUT2D eigenvalue weighted by atomic mass is 10.0. The van der Waals surface area contributed by atoms with Crippen LogP contribution in [0.4, 0.5) is 0 Å². The van der Waals surface area contributed by atoms with Gasteiger partial charge in [0.25, 0.3) is 5.91 Å². The summed E-state index contributed by atoms with van der Waals surface area (Å²) in [5.74, 6) is 1.17. The molecule has 26 heavy (non-hydrogen) atoms. The zero-order valence-electron chi connectivity index (χ0n) is 15.6. The second kappa shape index (κ2) is 7.97. The summed E-state index contributed by atoms with van der Waals surface area (Å²) in [6.45, 7) is 1.73. The molecule has 0 radical (unpaired) electrons. The van der Waals surface area contributed by atoms with Crippen molar-refractivity contribution in [3.05, 3.63) is 29.3 Å². The van der Waals surface area contributed by atoms with E-state index in [9.17, 15) is 4.79 Å². The molecule has 1 heterocycles. The van der Waals surface area contributed by atoms with Crippen LogP contribution in [0.2, 0.25) is 0 Å². The topological polar surface area (TPSA) is 59.6 Å². The van der Waals surface area contributed by atoms with Gasteiger partial charge in [-0.15, -0.1) is 0 Å². The Morgan fingerprint density at radius 2 is 1.88 bits per heavy atom. The first-order valence-corrected chi connectivity index (χ1v) is 10.1. The average molecular weight is 358 g/mol. The van der Waals surface area contributed by atoms with Gasteiger partial charge in [0.15, 0.2) is 0 Å². The fraction of sp³-hybridized carbons (Fsp3) is 0.667. The second-order valence-corrected chi connectivity index (χ2v) is 7.92. The molecule has 2 N–H and O–H groups in total. The van der Waals surface area contributed by atoms with Gasteiger partial charge in [-0.1, -0.05) is 18.9 Å². The van der Waals surface area contributed by atoms with E-state index in [-0.39, 0.29) is 5.91 Å². The number of carbonyl (C=O) groups excluding carboxylic acids is 1. The third-order valence-electron chi connectivity index (χ3n) is 6.05. The highest BCUT2D eigenvalue weighted by atomic mass is 16.5. The highest BCUT2D eigenvalue weighted by Gasteiger charge is 2.40. The second-order valence-electron chi connectivity index (χ2n) is 7.92. The molecule has 0 bridgehead atoms. The van der Waals surface area contributed by atoms with E-state index in [0.29, 0.717) is 35.4 Å². The van der Waals surface area contributed by atoms with Gasteiger partial charge >= 0.3 is 0 Å². The maximum Gasteiger partial charge on any atom is 0.255 e. The Balaban J connectivity index is 1.41. The summed E-state index contributed by atoms with van der Waals surface area (Å²) in [4.78, 5) is 12.8. The van der Waals surface area contributed by atoms with Crippen molar-refractivity contribution in [3.8, 4) is 5.75 Å². The molecule has 0 spiro atoms. The molecule has 5 heteroatoms. The minimum atomic E-state index is 0.00480. The lowest BCUT2D eigenvalue weighted by Gasteiger charge is -2.23. The van der Waals surface area contributed by atoms with E-state index in [1.807, 2.05) is 12.1 Å². The van der Waals surface area contributed by atoms with Gasteiger partial charge in [0.2, 0.25) is 0 Å². The molecule has 2 aliphatic carbocycles. The van der Waals surface area contributed by atoms with Gasteiger partial charge < -0.3 is 20.1 Å². The lowest BCUT2D eigenvalue weighted by Crippen LogP contribution is -2.36. The molecule has 1 saturated heterocycles. The molecule has 5 nitrogen and oxygen atoms in total. The molecule has 2 atom stereocenters. The molecule has 2 unspecified atom stereocenters. The molecule has 2 saturated carbocycles. The predicted molar refractivity (Wildman–Crippen MR) is 101 cm³/mol. The quantitative estimate of drug-likeness (QED) is 0.821. The standard InChI is InChI=1S/C21H30N2O3/c1-25-20-7-6-14(12-18(20)21(24)23-15-4-2-3-5-15)17-13-19(17)22-16-8-10-26-11-9-16/h6-7,12,15-17,19,22H,2-5,8-11,13H2,1H3,(H,23,24). The van der Waals surface area contributed by atoms with E-state index in [2.05, 4.69) is 16.7 Å². The minimum absolute atomic E-state index is 0.00480. The first kappa shape index (κ1) is 17.8.